The topological polar surface area (TPSA) is 0 Å². The van der Waals surface area contributed by atoms with Crippen LogP contribution in [-0.4, -0.2) is 3.93 Å². The molecule has 0 aliphatic heterocycles. The number of halogens is 5. The summed E-state index contributed by atoms with van der Waals surface area (Å²) in [4.78, 5) is 0. The summed E-state index contributed by atoms with van der Waals surface area (Å²) in [5.41, 5.74) is 0. The summed E-state index contributed by atoms with van der Waals surface area (Å²) in [5.74, 6) is 0. The van der Waals surface area contributed by atoms with E-state index in [0.717, 1.165) is 0 Å². The van der Waals surface area contributed by atoms with Gasteiger partial charge in [-0.3, -0.25) is 4.70 Å². The molecule has 0 fully saturated rings. The van der Waals surface area contributed by atoms with Gasteiger partial charge in [-0.05, 0) is 0 Å². The quantitative estimate of drug-likeness (QED) is 0.472. The van der Waals surface area contributed by atoms with Crippen molar-refractivity contribution >= 4 is 56.7 Å². The van der Waals surface area contributed by atoms with Crippen molar-refractivity contribution in [3.8, 4) is 0 Å². The molecule has 0 N–H and O–H groups in total. The molecule has 6 heavy (non-hydrogen) atoms. The van der Waals surface area contributed by atoms with Gasteiger partial charge in [0, 0.05) is 0 Å². The second kappa shape index (κ2) is 3.66. The Morgan fingerprint density at radius 2 is 1.17 bits per heavy atom. The maximum Gasteiger partial charge on any atom is 0.387 e. The van der Waals surface area contributed by atoms with E-state index in [1.165, 1.54) is 0 Å². The van der Waals surface area contributed by atoms with Crippen LogP contribution in [0.2, 0.25) is 0 Å². The first-order valence-corrected chi connectivity index (χ1v) is 9.29. The van der Waals surface area contributed by atoms with Crippen molar-refractivity contribution in [3.05, 3.63) is 0 Å². The Balaban J connectivity index is 0. The molecule has 0 radical (unpaired) electrons. The van der Waals surface area contributed by atoms with Crippen LogP contribution in [0.1, 0.15) is 0 Å². The molecule has 0 heterocycles. The highest BCUT2D eigenvalue weighted by molar-refractivity contribution is 9.54. The molecule has 0 nitrogen and oxygen atoms in total. The minimum atomic E-state index is -2.04. The molecule has 0 aliphatic rings. The summed E-state index contributed by atoms with van der Waals surface area (Å²) in [6.07, 6.45) is 0. The van der Waals surface area contributed by atoms with Crippen LogP contribution in [0.15, 0.2) is 0 Å². The van der Waals surface area contributed by atoms with Crippen LogP contribution in [0.3, 0.4) is 0 Å². The zero-order valence-electron chi connectivity index (χ0n) is 2.42. The first-order valence-electron chi connectivity index (χ1n) is 0.756. The third-order valence-electron chi connectivity index (χ3n) is 0. The predicted molar refractivity (Wildman–Crippen MR) is 37.8 cm³/mol. The molecule has 6 heteroatoms. The van der Waals surface area contributed by atoms with Crippen LogP contribution in [-0.2, 0) is 0 Å². The van der Waals surface area contributed by atoms with Crippen LogP contribution < -0.4 is 0 Å². The predicted octanol–water partition coefficient (Wildman–Crippen LogP) is 2.84. The van der Waals surface area contributed by atoms with Crippen molar-refractivity contribution < 1.29 is 4.70 Å². The highest BCUT2D eigenvalue weighted by Crippen LogP contribution is 2.28. The van der Waals surface area contributed by atoms with Gasteiger partial charge in [-0.2, -0.15) is 0 Å². The molecule has 40 valence electrons. The maximum atomic E-state index is 5.27. The fourth-order valence-corrected chi connectivity index (χ4v) is 0. The molecule has 0 aromatic rings. The lowest BCUT2D eigenvalue weighted by Crippen LogP contribution is -1.89. The van der Waals surface area contributed by atoms with Crippen LogP contribution in [0.4, 0.5) is 4.70 Å². The smallest absolute Gasteiger partial charge is 0.269 e. The monoisotopic (exact) mass is 276 g/mol. The minimum absolute atomic E-state index is 0. The van der Waals surface area contributed by atoms with Gasteiger partial charge < -0.3 is 0 Å². The SMILES string of the molecule is Cl[Si](Cl)(Br)Br.F. The summed E-state index contributed by atoms with van der Waals surface area (Å²) < 4.78 is -2.04. The average Bonchev–Trinajstić information content (AvgIpc) is 0.722. The molecule has 0 spiro atoms. The summed E-state index contributed by atoms with van der Waals surface area (Å²) in [6.45, 7) is 0. The van der Waals surface area contributed by atoms with Crippen LogP contribution in [0.5, 0.6) is 0 Å². The molecule has 0 atom stereocenters. The van der Waals surface area contributed by atoms with E-state index in [1.807, 2.05) is 0 Å². The number of rotatable bonds is 0. The zero-order chi connectivity index (χ0) is 4.50. The van der Waals surface area contributed by atoms with Gasteiger partial charge in [0.2, 0.25) is 0 Å². The molecule has 0 rings (SSSR count). The first-order chi connectivity index (χ1) is 2.00. The van der Waals surface area contributed by atoms with Gasteiger partial charge in [-0.25, -0.2) is 0 Å². The maximum absolute atomic E-state index is 5.27. The second-order valence-corrected chi connectivity index (χ2v) is 21.1. The second-order valence-electron chi connectivity index (χ2n) is 0.429. The lowest BCUT2D eigenvalue weighted by atomic mass is 19.0. The first kappa shape index (κ1) is 10.6. The van der Waals surface area contributed by atoms with Crippen molar-refractivity contribution in [1.82, 2.24) is 0 Å². The fraction of sp³-hybridized carbons (Fsp3) is 0. The van der Waals surface area contributed by atoms with Gasteiger partial charge in [0.05, 0.1) is 0 Å². The van der Waals surface area contributed by atoms with Gasteiger partial charge in [-0.15, -0.1) is 22.2 Å². The molecule has 0 aliphatic carbocycles. The molecule has 0 unspecified atom stereocenters. The summed E-state index contributed by atoms with van der Waals surface area (Å²) in [6, 6.07) is 0. The molecule has 0 aromatic carbocycles. The van der Waals surface area contributed by atoms with Crippen molar-refractivity contribution in [1.29, 1.82) is 0 Å². The fourth-order valence-electron chi connectivity index (χ4n) is 0. The van der Waals surface area contributed by atoms with Gasteiger partial charge in [0.25, 0.3) is 0 Å². The molecule has 0 bridgehead atoms. The van der Waals surface area contributed by atoms with E-state index in [2.05, 4.69) is 30.6 Å². The third kappa shape index (κ3) is 43.9. The van der Waals surface area contributed by atoms with E-state index in [-0.39, 0.29) is 4.70 Å². The van der Waals surface area contributed by atoms with E-state index in [0.29, 0.717) is 0 Å². The van der Waals surface area contributed by atoms with Crippen LogP contribution >= 0.6 is 52.7 Å². The van der Waals surface area contributed by atoms with Gasteiger partial charge in [0.15, 0.2) is 0 Å². The molecule has 0 aromatic heterocycles. The van der Waals surface area contributed by atoms with E-state index in [4.69, 9.17) is 22.2 Å². The lowest BCUT2D eigenvalue weighted by molar-refractivity contribution is 1.11. The lowest BCUT2D eigenvalue weighted by Gasteiger charge is -1.87. The van der Waals surface area contributed by atoms with Crippen molar-refractivity contribution in [2.45, 2.75) is 0 Å². The molecule has 0 saturated heterocycles. The normalized spacial score (nSPS) is 10.0. The standard InChI is InChI=1S/Br2Cl2Si.FH/c1-5(2,3)4;/h;1H. The Bertz CT molecular complexity index is 27.0. The Kier molecular flexibility index (Phi) is 6.48. The highest BCUT2D eigenvalue weighted by Gasteiger charge is 2.16. The highest BCUT2D eigenvalue weighted by atomic mass is 79.9. The molecule has 0 saturated carbocycles. The van der Waals surface area contributed by atoms with Gasteiger partial charge in [-0.1, -0.05) is 30.6 Å². The van der Waals surface area contributed by atoms with Crippen molar-refractivity contribution in [2.24, 2.45) is 0 Å². The Hall–Kier alpha value is 1.69. The Morgan fingerprint density at radius 1 is 1.17 bits per heavy atom. The van der Waals surface area contributed by atoms with Crippen molar-refractivity contribution in [3.63, 3.8) is 0 Å². The zero-order valence-corrected chi connectivity index (χ0v) is 8.10. The van der Waals surface area contributed by atoms with Crippen LogP contribution in [0, 0.1) is 0 Å². The summed E-state index contributed by atoms with van der Waals surface area (Å²) >= 11 is 16.5. The summed E-state index contributed by atoms with van der Waals surface area (Å²) in [7, 11) is 0. The van der Waals surface area contributed by atoms with E-state index in [1.54, 1.807) is 0 Å². The average molecular weight is 279 g/mol. The molecular weight excluding hydrogens is 278 g/mol. The Labute approximate surface area is 61.1 Å². The molecular formula is HBr2Cl2FSi. The van der Waals surface area contributed by atoms with Crippen LogP contribution in [0.25, 0.3) is 0 Å². The Morgan fingerprint density at radius 3 is 1.17 bits per heavy atom. The largest absolute Gasteiger partial charge is 0.387 e. The van der Waals surface area contributed by atoms with Gasteiger partial charge >= 0.3 is 3.93 Å². The van der Waals surface area contributed by atoms with E-state index >= 15 is 0 Å². The van der Waals surface area contributed by atoms with Crippen molar-refractivity contribution in [2.75, 3.05) is 0 Å². The minimum Gasteiger partial charge on any atom is -0.269 e. The van der Waals surface area contributed by atoms with E-state index in [9.17, 15) is 0 Å². The number of hydrogen-bond donors (Lipinski definition) is 0. The van der Waals surface area contributed by atoms with Gasteiger partial charge in [0.1, 0.15) is 0 Å². The third-order valence-corrected chi connectivity index (χ3v) is 0. The molecule has 0 amide bonds. The number of hydrogen-bond acceptors (Lipinski definition) is 0. The van der Waals surface area contributed by atoms with E-state index < -0.39 is 3.93 Å². The summed E-state index contributed by atoms with van der Waals surface area (Å²) in [5, 5.41) is 0.